The number of hydrogen-bond donors (Lipinski definition) is 1. The first-order valence-corrected chi connectivity index (χ1v) is 9.58. The van der Waals surface area contributed by atoms with Crippen LogP contribution in [0.25, 0.3) is 0 Å². The Labute approximate surface area is 164 Å². The second kappa shape index (κ2) is 7.67. The molecule has 2 saturated heterocycles. The third-order valence-corrected chi connectivity index (χ3v) is 5.47. The molecule has 1 N–H and O–H groups in total. The lowest BCUT2D eigenvalue weighted by molar-refractivity contribution is -0.127. The predicted molar refractivity (Wildman–Crippen MR) is 104 cm³/mol. The van der Waals surface area contributed by atoms with Crippen molar-refractivity contribution in [1.82, 2.24) is 24.9 Å². The largest absolute Gasteiger partial charge is 0.492 e. The molecule has 1 aromatic rings. The molecule has 3 aliphatic rings. The molecule has 3 amide bonds. The zero-order valence-corrected chi connectivity index (χ0v) is 16.2. The number of fused-ring (bicyclic) bond motifs is 1. The van der Waals surface area contributed by atoms with Crippen molar-refractivity contribution in [2.75, 3.05) is 53.4 Å². The van der Waals surface area contributed by atoms with Gasteiger partial charge in [-0.15, -0.1) is 0 Å². The van der Waals surface area contributed by atoms with E-state index in [4.69, 9.17) is 9.73 Å². The molecule has 2 unspecified atom stereocenters. The Morgan fingerprint density at radius 2 is 1.82 bits per heavy atom. The minimum Gasteiger partial charge on any atom is -0.492 e. The monoisotopic (exact) mass is 386 g/mol. The van der Waals surface area contributed by atoms with Gasteiger partial charge in [-0.05, 0) is 19.2 Å². The highest BCUT2D eigenvalue weighted by atomic mass is 16.5. The Morgan fingerprint density at radius 1 is 1.11 bits per heavy atom. The van der Waals surface area contributed by atoms with Gasteiger partial charge in [-0.3, -0.25) is 10.1 Å². The molecular weight excluding hydrogens is 360 g/mol. The number of hydrogen-bond acceptors (Lipinski definition) is 7. The summed E-state index contributed by atoms with van der Waals surface area (Å²) < 4.78 is 5.85. The van der Waals surface area contributed by atoms with Crippen LogP contribution >= 0.6 is 0 Å². The summed E-state index contributed by atoms with van der Waals surface area (Å²) in [5.74, 6) is 1.26. The van der Waals surface area contributed by atoms with Crippen molar-refractivity contribution in [3.05, 3.63) is 30.3 Å². The van der Waals surface area contributed by atoms with Gasteiger partial charge in [0.2, 0.25) is 0 Å². The number of nitrogens with one attached hydrogen (secondary N) is 1. The van der Waals surface area contributed by atoms with Crippen molar-refractivity contribution in [1.29, 1.82) is 0 Å². The topological polar surface area (TPSA) is 80.7 Å². The highest BCUT2D eigenvalue weighted by Crippen LogP contribution is 2.25. The van der Waals surface area contributed by atoms with Gasteiger partial charge in [-0.1, -0.05) is 18.2 Å². The van der Waals surface area contributed by atoms with Crippen LogP contribution < -0.4 is 10.1 Å². The first kappa shape index (κ1) is 18.5. The molecule has 0 aliphatic carbocycles. The number of para-hydroxylation sites is 1. The number of aliphatic imine (C=N–C) groups is 1. The maximum atomic E-state index is 12.6. The SMILES string of the molecule is CN1CCN(C2=NC3C(C(=O)NC(=O)N3C)N2CCOc2ccccc2)CC1. The first-order chi connectivity index (χ1) is 13.5. The summed E-state index contributed by atoms with van der Waals surface area (Å²) in [6.45, 7) is 4.48. The van der Waals surface area contributed by atoms with Crippen LogP contribution in [-0.4, -0.2) is 103 Å². The zero-order chi connectivity index (χ0) is 19.7. The molecule has 3 heterocycles. The second-order valence-corrected chi connectivity index (χ2v) is 7.34. The fourth-order valence-corrected chi connectivity index (χ4v) is 3.80. The third-order valence-electron chi connectivity index (χ3n) is 5.47. The molecule has 0 bridgehead atoms. The number of likely N-dealkylation sites (N-methyl/N-ethyl adjacent to an activating group) is 2. The Kier molecular flexibility index (Phi) is 5.08. The minimum atomic E-state index is -0.531. The van der Waals surface area contributed by atoms with Gasteiger partial charge in [0, 0.05) is 33.2 Å². The zero-order valence-electron chi connectivity index (χ0n) is 16.2. The standard InChI is InChI=1S/C19H26N6O3/c1-22-8-10-24(11-9-22)18-20-16-15(17(26)21-19(27)23(16)2)25(18)12-13-28-14-6-4-3-5-7-14/h3-7,15-16H,8-13H2,1-2H3,(H,21,26,27). The number of piperazine rings is 1. The minimum absolute atomic E-state index is 0.305. The van der Waals surface area contributed by atoms with E-state index in [9.17, 15) is 9.59 Å². The van der Waals surface area contributed by atoms with Crippen LogP contribution in [0.2, 0.25) is 0 Å². The van der Waals surface area contributed by atoms with E-state index >= 15 is 0 Å². The van der Waals surface area contributed by atoms with Crippen LogP contribution in [-0.2, 0) is 4.79 Å². The van der Waals surface area contributed by atoms with E-state index in [0.29, 0.717) is 13.2 Å². The number of amides is 3. The normalized spacial score (nSPS) is 25.5. The van der Waals surface area contributed by atoms with Crippen molar-refractivity contribution in [3.63, 3.8) is 0 Å². The van der Waals surface area contributed by atoms with E-state index in [1.807, 2.05) is 35.2 Å². The quantitative estimate of drug-likeness (QED) is 0.776. The van der Waals surface area contributed by atoms with Gasteiger partial charge in [0.05, 0.1) is 6.54 Å². The number of carbonyl (C=O) groups is 2. The van der Waals surface area contributed by atoms with Gasteiger partial charge in [-0.25, -0.2) is 9.79 Å². The van der Waals surface area contributed by atoms with Crippen molar-refractivity contribution >= 4 is 17.9 Å². The number of benzene rings is 1. The molecule has 0 radical (unpaired) electrons. The Bertz CT molecular complexity index is 762. The molecule has 150 valence electrons. The molecule has 1 aromatic carbocycles. The number of ether oxygens (including phenoxy) is 1. The molecule has 9 nitrogen and oxygen atoms in total. The molecule has 2 atom stereocenters. The summed E-state index contributed by atoms with van der Waals surface area (Å²) in [5, 5.41) is 2.43. The first-order valence-electron chi connectivity index (χ1n) is 9.58. The molecule has 28 heavy (non-hydrogen) atoms. The summed E-state index contributed by atoms with van der Waals surface area (Å²) in [5.41, 5.74) is 0. The second-order valence-electron chi connectivity index (χ2n) is 7.34. The maximum Gasteiger partial charge on any atom is 0.325 e. The van der Waals surface area contributed by atoms with Crippen molar-refractivity contribution in [3.8, 4) is 5.75 Å². The Balaban J connectivity index is 1.52. The Hall–Kier alpha value is -2.81. The highest BCUT2D eigenvalue weighted by Gasteiger charge is 2.49. The summed E-state index contributed by atoms with van der Waals surface area (Å²) in [6, 6.07) is 8.66. The van der Waals surface area contributed by atoms with Gasteiger partial charge < -0.3 is 24.3 Å². The molecule has 0 aromatic heterocycles. The molecule has 0 saturated carbocycles. The number of carbonyl (C=O) groups excluding carboxylic acids is 2. The average molecular weight is 386 g/mol. The Morgan fingerprint density at radius 3 is 2.54 bits per heavy atom. The van der Waals surface area contributed by atoms with E-state index < -0.39 is 18.2 Å². The van der Waals surface area contributed by atoms with Crippen LogP contribution in [0.1, 0.15) is 0 Å². The molecule has 2 fully saturated rings. The average Bonchev–Trinajstić information content (AvgIpc) is 3.08. The molecular formula is C19H26N6O3. The van der Waals surface area contributed by atoms with E-state index in [0.717, 1.165) is 37.9 Å². The maximum absolute atomic E-state index is 12.6. The van der Waals surface area contributed by atoms with Gasteiger partial charge in [-0.2, -0.15) is 0 Å². The number of imide groups is 1. The lowest BCUT2D eigenvalue weighted by Crippen LogP contribution is -2.65. The number of rotatable bonds is 4. The number of guanidine groups is 1. The van der Waals surface area contributed by atoms with Gasteiger partial charge in [0.1, 0.15) is 12.4 Å². The van der Waals surface area contributed by atoms with Gasteiger partial charge >= 0.3 is 6.03 Å². The summed E-state index contributed by atoms with van der Waals surface area (Å²) >= 11 is 0. The van der Waals surface area contributed by atoms with E-state index in [1.165, 1.54) is 4.90 Å². The smallest absolute Gasteiger partial charge is 0.325 e. The number of nitrogens with zero attached hydrogens (tertiary/aromatic N) is 5. The molecule has 4 rings (SSSR count). The van der Waals surface area contributed by atoms with Crippen molar-refractivity contribution in [2.24, 2.45) is 4.99 Å². The lowest BCUT2D eigenvalue weighted by Gasteiger charge is -2.39. The third kappa shape index (κ3) is 3.49. The molecule has 3 aliphatic heterocycles. The summed E-state index contributed by atoms with van der Waals surface area (Å²) in [6.07, 6.45) is -0.507. The fraction of sp³-hybridized carbons (Fsp3) is 0.526. The van der Waals surface area contributed by atoms with Crippen LogP contribution in [0.15, 0.2) is 35.3 Å². The molecule has 0 spiro atoms. The lowest BCUT2D eigenvalue weighted by atomic mass is 10.1. The van der Waals surface area contributed by atoms with Crippen molar-refractivity contribution in [2.45, 2.75) is 12.2 Å². The van der Waals surface area contributed by atoms with E-state index in [1.54, 1.807) is 7.05 Å². The van der Waals surface area contributed by atoms with Crippen LogP contribution in [0.5, 0.6) is 5.75 Å². The van der Waals surface area contributed by atoms with Crippen LogP contribution in [0.4, 0.5) is 4.79 Å². The van der Waals surface area contributed by atoms with E-state index in [-0.39, 0.29) is 5.91 Å². The predicted octanol–water partition coefficient (Wildman–Crippen LogP) is -0.139. The highest BCUT2D eigenvalue weighted by molar-refractivity contribution is 6.03. The fourth-order valence-electron chi connectivity index (χ4n) is 3.80. The van der Waals surface area contributed by atoms with Crippen molar-refractivity contribution < 1.29 is 14.3 Å². The summed E-state index contributed by atoms with van der Waals surface area (Å²) in [7, 11) is 3.77. The van der Waals surface area contributed by atoms with E-state index in [2.05, 4.69) is 22.2 Å². The van der Waals surface area contributed by atoms with Crippen LogP contribution in [0, 0.1) is 0 Å². The van der Waals surface area contributed by atoms with Gasteiger partial charge in [0.25, 0.3) is 5.91 Å². The number of urea groups is 1. The van der Waals surface area contributed by atoms with Crippen LogP contribution in [0.3, 0.4) is 0 Å². The molecule has 9 heteroatoms. The van der Waals surface area contributed by atoms with Gasteiger partial charge in [0.15, 0.2) is 18.2 Å². The summed E-state index contributed by atoms with van der Waals surface area (Å²) in [4.78, 5) is 37.4.